The van der Waals surface area contributed by atoms with Gasteiger partial charge in [0.05, 0.1) is 23.8 Å². The smallest absolute Gasteiger partial charge is 0.260 e. The van der Waals surface area contributed by atoms with Crippen LogP contribution in [0.5, 0.6) is 5.88 Å². The molecule has 16 heavy (non-hydrogen) atoms. The van der Waals surface area contributed by atoms with E-state index in [1.54, 1.807) is 14.0 Å². The second-order valence-corrected chi connectivity index (χ2v) is 4.26. The molecule has 1 atom stereocenters. The first kappa shape index (κ1) is 11.3. The Bertz CT molecular complexity index is 430. The van der Waals surface area contributed by atoms with Crippen molar-refractivity contribution in [2.24, 2.45) is 12.8 Å². The van der Waals surface area contributed by atoms with Gasteiger partial charge in [0.1, 0.15) is 0 Å². The van der Waals surface area contributed by atoms with E-state index in [0.717, 1.165) is 0 Å². The lowest BCUT2D eigenvalue weighted by Crippen LogP contribution is -2.27. The molecule has 1 heterocycles. The van der Waals surface area contributed by atoms with Crippen LogP contribution in [0.4, 0.5) is 8.78 Å². The van der Waals surface area contributed by atoms with Crippen LogP contribution in [0.2, 0.25) is 0 Å². The summed E-state index contributed by atoms with van der Waals surface area (Å²) in [5.74, 6) is -2.37. The lowest BCUT2D eigenvalue weighted by molar-refractivity contribution is 0.0886. The van der Waals surface area contributed by atoms with Gasteiger partial charge in [-0.15, -0.1) is 0 Å². The standard InChI is InChI=1S/C10H15F2N3O/c1-6-7(8(16-3)15(2)14-6)9(5-13)4-10(9,11)12/h4-5,13H2,1-3H3. The molecular weight excluding hydrogens is 216 g/mol. The SMILES string of the molecule is COc1c(C2(CN)CC2(F)F)c(C)nn1C. The van der Waals surface area contributed by atoms with Crippen LogP contribution in [0, 0.1) is 6.92 Å². The topological polar surface area (TPSA) is 53.1 Å². The average Bonchev–Trinajstić information content (AvgIpc) is 2.63. The molecule has 1 aromatic rings. The number of nitrogens with two attached hydrogens (primary N) is 1. The lowest BCUT2D eigenvalue weighted by atomic mass is 9.95. The molecule has 0 saturated heterocycles. The summed E-state index contributed by atoms with van der Waals surface area (Å²) in [5.41, 5.74) is 5.23. The minimum Gasteiger partial charge on any atom is -0.481 e. The molecule has 2 N–H and O–H groups in total. The summed E-state index contributed by atoms with van der Waals surface area (Å²) in [6.45, 7) is 1.60. The Balaban J connectivity index is 2.56. The number of aryl methyl sites for hydroxylation is 2. The van der Waals surface area contributed by atoms with Gasteiger partial charge in [-0.3, -0.25) is 0 Å². The van der Waals surface area contributed by atoms with Gasteiger partial charge in [-0.05, 0) is 6.92 Å². The Hall–Kier alpha value is -1.17. The van der Waals surface area contributed by atoms with Crippen LogP contribution in [0.25, 0.3) is 0 Å². The number of alkyl halides is 2. The third kappa shape index (κ3) is 1.19. The van der Waals surface area contributed by atoms with Gasteiger partial charge >= 0.3 is 0 Å². The van der Waals surface area contributed by atoms with Crippen LogP contribution in [-0.2, 0) is 12.5 Å². The lowest BCUT2D eigenvalue weighted by Gasteiger charge is -2.15. The highest BCUT2D eigenvalue weighted by Gasteiger charge is 2.73. The van der Waals surface area contributed by atoms with E-state index in [4.69, 9.17) is 10.5 Å². The molecule has 0 aliphatic heterocycles. The Morgan fingerprint density at radius 1 is 1.56 bits per heavy atom. The third-order valence-corrected chi connectivity index (χ3v) is 3.29. The van der Waals surface area contributed by atoms with Crippen molar-refractivity contribution in [3.8, 4) is 5.88 Å². The van der Waals surface area contributed by atoms with Crippen molar-refractivity contribution in [1.29, 1.82) is 0 Å². The molecule has 1 fully saturated rings. The molecule has 1 aromatic heterocycles. The first-order valence-corrected chi connectivity index (χ1v) is 5.05. The number of nitrogens with zero attached hydrogens (tertiary/aromatic N) is 2. The second-order valence-electron chi connectivity index (χ2n) is 4.26. The number of aromatic nitrogens is 2. The van der Waals surface area contributed by atoms with Crippen LogP contribution in [0.15, 0.2) is 0 Å². The van der Waals surface area contributed by atoms with E-state index in [1.165, 1.54) is 11.8 Å². The zero-order valence-corrected chi connectivity index (χ0v) is 9.55. The van der Waals surface area contributed by atoms with Crippen LogP contribution in [0.1, 0.15) is 17.7 Å². The van der Waals surface area contributed by atoms with Crippen LogP contribution >= 0.6 is 0 Å². The van der Waals surface area contributed by atoms with Crippen molar-refractivity contribution >= 4 is 0 Å². The summed E-state index contributed by atoms with van der Waals surface area (Å²) in [5, 5.41) is 4.10. The van der Waals surface area contributed by atoms with E-state index in [2.05, 4.69) is 5.10 Å². The molecule has 0 aromatic carbocycles. The largest absolute Gasteiger partial charge is 0.481 e. The van der Waals surface area contributed by atoms with Crippen molar-refractivity contribution in [2.45, 2.75) is 24.7 Å². The molecule has 1 aliphatic rings. The normalized spacial score (nSPS) is 26.9. The van der Waals surface area contributed by atoms with Gasteiger partial charge in [0, 0.05) is 20.0 Å². The predicted octanol–water partition coefficient (Wildman–Crippen LogP) is 0.973. The van der Waals surface area contributed by atoms with Crippen molar-refractivity contribution < 1.29 is 13.5 Å². The van der Waals surface area contributed by atoms with E-state index in [9.17, 15) is 8.78 Å². The van der Waals surface area contributed by atoms with Gasteiger partial charge in [0.2, 0.25) is 5.88 Å². The Morgan fingerprint density at radius 3 is 2.50 bits per heavy atom. The maximum Gasteiger partial charge on any atom is 0.260 e. The molecule has 1 aliphatic carbocycles. The van der Waals surface area contributed by atoms with Gasteiger partial charge in [0.15, 0.2) is 0 Å². The third-order valence-electron chi connectivity index (χ3n) is 3.29. The van der Waals surface area contributed by atoms with Crippen molar-refractivity contribution in [1.82, 2.24) is 9.78 Å². The van der Waals surface area contributed by atoms with Crippen molar-refractivity contribution in [2.75, 3.05) is 13.7 Å². The monoisotopic (exact) mass is 231 g/mol. The summed E-state index contributed by atoms with van der Waals surface area (Å²) in [7, 11) is 3.12. The van der Waals surface area contributed by atoms with E-state index in [1.807, 2.05) is 0 Å². The highest BCUT2D eigenvalue weighted by molar-refractivity contribution is 5.47. The highest BCUT2D eigenvalue weighted by atomic mass is 19.3. The van der Waals surface area contributed by atoms with Crippen molar-refractivity contribution in [3.63, 3.8) is 0 Å². The predicted molar refractivity (Wildman–Crippen MR) is 54.8 cm³/mol. The summed E-state index contributed by atoms with van der Waals surface area (Å²) in [6, 6.07) is 0. The van der Waals surface area contributed by atoms with E-state index in [0.29, 0.717) is 17.1 Å². The molecular formula is C10H15F2N3O. The summed E-state index contributed by atoms with van der Waals surface area (Å²) >= 11 is 0. The molecule has 4 nitrogen and oxygen atoms in total. The number of hydrogen-bond donors (Lipinski definition) is 1. The summed E-state index contributed by atoms with van der Waals surface area (Å²) in [4.78, 5) is 0. The van der Waals surface area contributed by atoms with Crippen LogP contribution in [-0.4, -0.2) is 29.4 Å². The van der Waals surface area contributed by atoms with E-state index >= 15 is 0 Å². The first-order chi connectivity index (χ1) is 7.39. The summed E-state index contributed by atoms with van der Waals surface area (Å²) in [6.07, 6.45) is -0.223. The Kier molecular flexibility index (Phi) is 2.24. The zero-order chi connectivity index (χ0) is 12.1. The minimum absolute atomic E-state index is 0.0944. The maximum absolute atomic E-state index is 13.5. The Morgan fingerprint density at radius 2 is 2.12 bits per heavy atom. The summed E-state index contributed by atoms with van der Waals surface area (Å²) < 4.78 is 33.5. The van der Waals surface area contributed by atoms with Gasteiger partial charge in [-0.25, -0.2) is 13.5 Å². The highest BCUT2D eigenvalue weighted by Crippen LogP contribution is 2.63. The molecule has 0 bridgehead atoms. The second kappa shape index (κ2) is 3.16. The van der Waals surface area contributed by atoms with Gasteiger partial charge in [0.25, 0.3) is 5.92 Å². The zero-order valence-electron chi connectivity index (χ0n) is 9.55. The maximum atomic E-state index is 13.5. The first-order valence-electron chi connectivity index (χ1n) is 5.05. The number of ether oxygens (including phenoxy) is 1. The minimum atomic E-state index is -2.75. The fourth-order valence-electron chi connectivity index (χ4n) is 2.35. The van der Waals surface area contributed by atoms with Gasteiger partial charge in [-0.2, -0.15) is 5.10 Å². The van der Waals surface area contributed by atoms with Crippen LogP contribution < -0.4 is 10.5 Å². The van der Waals surface area contributed by atoms with Crippen molar-refractivity contribution in [3.05, 3.63) is 11.3 Å². The van der Waals surface area contributed by atoms with E-state index in [-0.39, 0.29) is 13.0 Å². The van der Waals surface area contributed by atoms with Crippen LogP contribution in [0.3, 0.4) is 0 Å². The fraction of sp³-hybridized carbons (Fsp3) is 0.700. The number of methoxy groups -OCH3 is 1. The van der Waals surface area contributed by atoms with E-state index < -0.39 is 11.3 Å². The van der Waals surface area contributed by atoms with Gasteiger partial charge < -0.3 is 10.5 Å². The fourth-order valence-corrected chi connectivity index (χ4v) is 2.35. The average molecular weight is 231 g/mol. The van der Waals surface area contributed by atoms with Gasteiger partial charge in [-0.1, -0.05) is 0 Å². The molecule has 0 radical (unpaired) electrons. The number of rotatable bonds is 3. The number of halogens is 2. The molecule has 1 unspecified atom stereocenters. The Labute approximate surface area is 92.4 Å². The molecule has 1 saturated carbocycles. The quantitative estimate of drug-likeness (QED) is 0.843. The molecule has 0 spiro atoms. The molecule has 2 rings (SSSR count). The molecule has 0 amide bonds. The molecule has 6 heteroatoms. The number of hydrogen-bond acceptors (Lipinski definition) is 3. The molecule has 90 valence electrons.